The summed E-state index contributed by atoms with van der Waals surface area (Å²) >= 11 is 0. The topological polar surface area (TPSA) is 56.1 Å². The lowest BCUT2D eigenvalue weighted by molar-refractivity contribution is 0.102. The van der Waals surface area contributed by atoms with Crippen molar-refractivity contribution in [2.24, 2.45) is 0 Å². The van der Waals surface area contributed by atoms with E-state index in [1.54, 1.807) is 12.1 Å². The van der Waals surface area contributed by atoms with E-state index >= 15 is 0 Å². The van der Waals surface area contributed by atoms with Gasteiger partial charge in [-0.05, 0) is 31.0 Å². The van der Waals surface area contributed by atoms with Gasteiger partial charge in [0.25, 0.3) is 5.91 Å². The number of ether oxygens (including phenoxy) is 1. The third-order valence-electron chi connectivity index (χ3n) is 5.24. The molecule has 180 valence electrons. The first kappa shape index (κ1) is 26.3. The fraction of sp³-hybridized carbons (Fsp3) is 0.462. The molecule has 7 heteroatoms. The molecule has 0 bridgehead atoms. The minimum atomic E-state index is -1.18. The molecule has 3 aromatic rings. The van der Waals surface area contributed by atoms with Crippen LogP contribution in [0, 0.1) is 11.6 Å². The maximum atomic E-state index is 13.9. The van der Waals surface area contributed by atoms with Gasteiger partial charge in [-0.3, -0.25) is 9.48 Å². The van der Waals surface area contributed by atoms with Crippen LogP contribution in [-0.2, 0) is 0 Å². The van der Waals surface area contributed by atoms with Gasteiger partial charge in [-0.25, -0.2) is 8.78 Å². The summed E-state index contributed by atoms with van der Waals surface area (Å²) in [5.74, 6) is -2.57. The Hall–Kier alpha value is -2.96. The van der Waals surface area contributed by atoms with Crippen molar-refractivity contribution in [2.45, 2.75) is 72.3 Å². The van der Waals surface area contributed by atoms with Gasteiger partial charge in [0.2, 0.25) is 0 Å². The van der Waals surface area contributed by atoms with Crippen molar-refractivity contribution in [3.05, 3.63) is 53.7 Å². The van der Waals surface area contributed by atoms with E-state index in [2.05, 4.69) is 24.3 Å². The Balaban J connectivity index is 0.000000714. The monoisotopic (exact) mass is 459 g/mol. The first-order valence-corrected chi connectivity index (χ1v) is 11.8. The number of carbonyl (C=O) groups excluding carboxylic acids is 1. The minimum Gasteiger partial charge on any atom is -0.494 e. The second-order valence-corrected chi connectivity index (χ2v) is 7.77. The van der Waals surface area contributed by atoms with Crippen molar-refractivity contribution in [3.8, 4) is 5.75 Å². The van der Waals surface area contributed by atoms with Gasteiger partial charge >= 0.3 is 0 Å². The Morgan fingerprint density at radius 1 is 1.15 bits per heavy atom. The highest BCUT2D eigenvalue weighted by Gasteiger charge is 2.20. The van der Waals surface area contributed by atoms with Gasteiger partial charge in [0.05, 0.1) is 29.9 Å². The molecule has 1 aliphatic carbocycles. The summed E-state index contributed by atoms with van der Waals surface area (Å²) in [6.07, 6.45) is 9.08. The van der Waals surface area contributed by atoms with Gasteiger partial charge in [0.15, 0.2) is 11.6 Å². The van der Waals surface area contributed by atoms with Crippen LogP contribution in [0.2, 0.25) is 0 Å². The maximum absolute atomic E-state index is 13.9. The number of rotatable bonds is 4. The lowest BCUT2D eigenvalue weighted by Crippen LogP contribution is -2.15. The highest BCUT2D eigenvalue weighted by molar-refractivity contribution is 6.06. The van der Waals surface area contributed by atoms with Crippen LogP contribution in [0.25, 0.3) is 10.9 Å². The van der Waals surface area contributed by atoms with Crippen molar-refractivity contribution in [1.82, 2.24) is 9.78 Å². The van der Waals surface area contributed by atoms with E-state index in [4.69, 9.17) is 4.74 Å². The molecule has 1 aliphatic rings. The van der Waals surface area contributed by atoms with E-state index in [0.29, 0.717) is 17.5 Å². The van der Waals surface area contributed by atoms with Crippen LogP contribution in [0.4, 0.5) is 14.5 Å². The SMILES string of the molecule is CC.CCC.COc1cc2nn(C3CCCCC3)cc2cc1NC(=O)c1cccc(F)c1F. The molecule has 33 heavy (non-hydrogen) atoms. The Bertz CT molecular complexity index is 1040. The van der Waals surface area contributed by atoms with Gasteiger partial charge in [-0.15, -0.1) is 0 Å². The maximum Gasteiger partial charge on any atom is 0.258 e. The summed E-state index contributed by atoms with van der Waals surface area (Å²) in [4.78, 5) is 12.4. The molecule has 0 spiro atoms. The summed E-state index contributed by atoms with van der Waals surface area (Å²) in [6, 6.07) is 7.37. The summed E-state index contributed by atoms with van der Waals surface area (Å²) in [6.45, 7) is 8.25. The predicted octanol–water partition coefficient (Wildman–Crippen LogP) is 7.52. The number of halogens is 2. The number of nitrogens with zero attached hydrogens (tertiary/aromatic N) is 2. The van der Waals surface area contributed by atoms with E-state index in [0.717, 1.165) is 29.8 Å². The van der Waals surface area contributed by atoms with Crippen LogP contribution < -0.4 is 10.1 Å². The third-order valence-corrected chi connectivity index (χ3v) is 5.24. The Morgan fingerprint density at radius 2 is 1.82 bits per heavy atom. The molecule has 0 atom stereocenters. The van der Waals surface area contributed by atoms with Crippen molar-refractivity contribution in [2.75, 3.05) is 12.4 Å². The zero-order valence-corrected chi connectivity index (χ0v) is 20.3. The fourth-order valence-corrected chi connectivity index (χ4v) is 3.74. The van der Waals surface area contributed by atoms with E-state index in [9.17, 15) is 13.6 Å². The largest absolute Gasteiger partial charge is 0.494 e. The molecule has 1 fully saturated rings. The van der Waals surface area contributed by atoms with E-state index < -0.39 is 17.5 Å². The number of aromatic nitrogens is 2. The van der Waals surface area contributed by atoms with Crippen molar-refractivity contribution >= 4 is 22.5 Å². The van der Waals surface area contributed by atoms with Gasteiger partial charge in [0.1, 0.15) is 5.75 Å². The van der Waals surface area contributed by atoms with Crippen molar-refractivity contribution < 1.29 is 18.3 Å². The standard InChI is InChI=1S/C21H21F2N3O2.C3H8.C2H6/c1-28-19-11-17-13(12-26(25-17)14-6-3-2-4-7-14)10-18(19)24-21(27)15-8-5-9-16(22)20(15)23;1-3-2;1-2/h5,8-12,14H,2-4,6-7H2,1H3,(H,24,27);3H2,1-2H3;1-2H3. The van der Waals surface area contributed by atoms with Crippen LogP contribution in [0.3, 0.4) is 0 Å². The zero-order chi connectivity index (χ0) is 24.4. The Kier molecular flexibility index (Phi) is 10.3. The van der Waals surface area contributed by atoms with E-state index in [1.165, 1.54) is 44.9 Å². The van der Waals surface area contributed by atoms with Crippen LogP contribution >= 0.6 is 0 Å². The Labute approximate surface area is 195 Å². The number of anilines is 1. The van der Waals surface area contributed by atoms with Gasteiger partial charge in [-0.2, -0.15) is 5.10 Å². The normalized spacial score (nSPS) is 13.4. The van der Waals surface area contributed by atoms with Crippen LogP contribution in [-0.4, -0.2) is 22.8 Å². The number of benzene rings is 2. The number of hydrogen-bond donors (Lipinski definition) is 1. The van der Waals surface area contributed by atoms with Crippen LogP contribution in [0.15, 0.2) is 36.5 Å². The molecule has 1 N–H and O–H groups in total. The van der Waals surface area contributed by atoms with Gasteiger partial charge < -0.3 is 10.1 Å². The molecule has 5 nitrogen and oxygen atoms in total. The molecule has 1 saturated carbocycles. The number of carbonyl (C=O) groups is 1. The predicted molar refractivity (Wildman–Crippen MR) is 130 cm³/mol. The van der Waals surface area contributed by atoms with Gasteiger partial charge in [0, 0.05) is 17.6 Å². The smallest absolute Gasteiger partial charge is 0.258 e. The number of amides is 1. The van der Waals surface area contributed by atoms with Crippen LogP contribution in [0.1, 0.15) is 82.6 Å². The minimum absolute atomic E-state index is 0.361. The first-order valence-electron chi connectivity index (χ1n) is 11.8. The van der Waals surface area contributed by atoms with Crippen molar-refractivity contribution in [1.29, 1.82) is 0 Å². The zero-order valence-electron chi connectivity index (χ0n) is 20.3. The second-order valence-electron chi connectivity index (χ2n) is 7.77. The quantitative estimate of drug-likeness (QED) is 0.439. The van der Waals surface area contributed by atoms with Crippen molar-refractivity contribution in [3.63, 3.8) is 0 Å². The molecule has 4 rings (SSSR count). The van der Waals surface area contributed by atoms with Gasteiger partial charge in [-0.1, -0.05) is 59.4 Å². The molecule has 1 heterocycles. The molecule has 0 unspecified atom stereocenters. The number of hydrogen-bond acceptors (Lipinski definition) is 3. The molecular weight excluding hydrogens is 424 g/mol. The van der Waals surface area contributed by atoms with E-state index in [-0.39, 0.29) is 5.56 Å². The number of methoxy groups -OCH3 is 1. The molecule has 0 radical (unpaired) electrons. The fourth-order valence-electron chi connectivity index (χ4n) is 3.74. The second kappa shape index (κ2) is 12.9. The lowest BCUT2D eigenvalue weighted by atomic mass is 9.96. The summed E-state index contributed by atoms with van der Waals surface area (Å²) in [5, 5.41) is 8.13. The first-order chi connectivity index (χ1) is 16.0. The summed E-state index contributed by atoms with van der Waals surface area (Å²) in [7, 11) is 1.48. The third kappa shape index (κ3) is 6.53. The van der Waals surface area contributed by atoms with Crippen LogP contribution in [0.5, 0.6) is 5.75 Å². The average molecular weight is 460 g/mol. The highest BCUT2D eigenvalue weighted by Crippen LogP contribution is 2.33. The number of nitrogens with one attached hydrogen (secondary N) is 1. The Morgan fingerprint density at radius 3 is 2.45 bits per heavy atom. The molecule has 1 aromatic heterocycles. The molecular formula is C26H35F2N3O2. The molecule has 0 aliphatic heterocycles. The summed E-state index contributed by atoms with van der Waals surface area (Å²) in [5.41, 5.74) is 0.782. The molecule has 0 saturated heterocycles. The van der Waals surface area contributed by atoms with E-state index in [1.807, 2.05) is 24.7 Å². The number of fused-ring (bicyclic) bond motifs is 1. The lowest BCUT2D eigenvalue weighted by Gasteiger charge is -2.21. The average Bonchev–Trinajstić information content (AvgIpc) is 3.25. The highest BCUT2D eigenvalue weighted by atomic mass is 19.2. The molecule has 2 aromatic carbocycles. The summed E-state index contributed by atoms with van der Waals surface area (Å²) < 4.78 is 34.7. The molecule has 1 amide bonds.